The molecule has 11 heteroatoms. The van der Waals surface area contributed by atoms with Gasteiger partial charge < -0.3 is 23.7 Å². The van der Waals surface area contributed by atoms with Crippen molar-refractivity contribution in [1.82, 2.24) is 14.9 Å². The number of hydrogen-bond acceptors (Lipinski definition) is 9. The normalized spacial score (nSPS) is 14.9. The fourth-order valence-corrected chi connectivity index (χ4v) is 5.45. The number of fused-ring (bicyclic) bond motifs is 3. The zero-order valence-corrected chi connectivity index (χ0v) is 25.2. The molecule has 2 aliphatic heterocycles. The third kappa shape index (κ3) is 7.04. The maximum Gasteiger partial charge on any atom is 0.234 e. The van der Waals surface area contributed by atoms with Crippen molar-refractivity contribution in [1.29, 1.82) is 0 Å². The average molecular weight is 622 g/mol. The van der Waals surface area contributed by atoms with Gasteiger partial charge in [0.05, 0.1) is 25.3 Å². The van der Waals surface area contributed by atoms with Gasteiger partial charge in [-0.3, -0.25) is 9.69 Å². The number of aromatic nitrogens is 2. The zero-order chi connectivity index (χ0) is 30.5. The molecule has 2 aliphatic rings. The van der Waals surface area contributed by atoms with E-state index in [1.54, 1.807) is 24.3 Å². The van der Waals surface area contributed by atoms with Crippen molar-refractivity contribution < 1.29 is 32.9 Å². The molecular formula is C33H33ClFN3O6. The van der Waals surface area contributed by atoms with Crippen molar-refractivity contribution >= 4 is 28.3 Å². The topological polar surface area (TPSA) is 92.2 Å². The molecule has 6 rings (SSSR count). The Hall–Kier alpha value is -3.99. The standard InChI is InChI=1S/C33H33ClFN3O6/c1-21-15-22(3-6-26(21)34)16-24(39)17-23-4-5-25(18-27(23)35)44-33-30-28(36-20-37-33)19-29(31-32(30)43-14-13-42-31)41-10-2-7-38-8-11-40-12-9-38/h3-6,15,18-20H,2,7-14,16-17H2,1H3. The van der Waals surface area contributed by atoms with E-state index in [0.717, 1.165) is 50.4 Å². The molecule has 0 aliphatic carbocycles. The van der Waals surface area contributed by atoms with Gasteiger partial charge in [0.25, 0.3) is 0 Å². The van der Waals surface area contributed by atoms with E-state index in [9.17, 15) is 4.79 Å². The van der Waals surface area contributed by atoms with Crippen LogP contribution in [0.4, 0.5) is 4.39 Å². The predicted octanol–water partition coefficient (Wildman–Crippen LogP) is 5.75. The summed E-state index contributed by atoms with van der Waals surface area (Å²) in [5.41, 5.74) is 2.56. The second-order valence-corrected chi connectivity index (χ2v) is 11.2. The van der Waals surface area contributed by atoms with Crippen molar-refractivity contribution in [3.05, 3.63) is 76.3 Å². The van der Waals surface area contributed by atoms with Gasteiger partial charge in [0.15, 0.2) is 11.5 Å². The molecule has 0 radical (unpaired) electrons. The first kappa shape index (κ1) is 30.1. The monoisotopic (exact) mass is 621 g/mol. The van der Waals surface area contributed by atoms with Crippen LogP contribution in [0.5, 0.6) is 28.9 Å². The van der Waals surface area contributed by atoms with Crippen molar-refractivity contribution in [3.8, 4) is 28.9 Å². The van der Waals surface area contributed by atoms with Gasteiger partial charge in [-0.2, -0.15) is 0 Å². The lowest BCUT2D eigenvalue weighted by molar-refractivity contribution is -0.117. The number of ketones is 1. The molecule has 44 heavy (non-hydrogen) atoms. The summed E-state index contributed by atoms with van der Waals surface area (Å²) in [4.78, 5) is 23.8. The summed E-state index contributed by atoms with van der Waals surface area (Å²) < 4.78 is 44.7. The fraction of sp³-hybridized carbons (Fsp3) is 0.364. The molecule has 230 valence electrons. The first-order chi connectivity index (χ1) is 21.4. The Morgan fingerprint density at radius 2 is 1.82 bits per heavy atom. The molecule has 1 fully saturated rings. The molecule has 3 heterocycles. The molecule has 9 nitrogen and oxygen atoms in total. The highest BCUT2D eigenvalue weighted by atomic mass is 35.5. The van der Waals surface area contributed by atoms with E-state index >= 15 is 4.39 Å². The highest BCUT2D eigenvalue weighted by molar-refractivity contribution is 6.31. The first-order valence-electron chi connectivity index (χ1n) is 14.7. The van der Waals surface area contributed by atoms with E-state index in [1.165, 1.54) is 12.4 Å². The molecule has 0 bridgehead atoms. The van der Waals surface area contributed by atoms with E-state index in [0.29, 0.717) is 53.0 Å². The Morgan fingerprint density at radius 3 is 2.61 bits per heavy atom. The van der Waals surface area contributed by atoms with Crippen molar-refractivity contribution in [2.75, 3.05) is 52.7 Å². The average Bonchev–Trinajstić information content (AvgIpc) is 3.03. The van der Waals surface area contributed by atoms with Crippen LogP contribution in [0.15, 0.2) is 48.8 Å². The maximum absolute atomic E-state index is 15.1. The van der Waals surface area contributed by atoms with E-state index in [-0.39, 0.29) is 35.8 Å². The summed E-state index contributed by atoms with van der Waals surface area (Å²) in [5, 5.41) is 1.14. The molecule has 0 N–H and O–H groups in total. The molecule has 1 aromatic heterocycles. The summed E-state index contributed by atoms with van der Waals surface area (Å²) in [6.07, 6.45) is 2.37. The highest BCUT2D eigenvalue weighted by Crippen LogP contribution is 2.47. The van der Waals surface area contributed by atoms with Crippen molar-refractivity contribution in [2.45, 2.75) is 26.2 Å². The number of rotatable bonds is 11. The van der Waals surface area contributed by atoms with Crippen LogP contribution in [0, 0.1) is 12.7 Å². The minimum Gasteiger partial charge on any atom is -0.489 e. The summed E-state index contributed by atoms with van der Waals surface area (Å²) in [5.74, 6) is 1.18. The van der Waals surface area contributed by atoms with E-state index in [4.69, 9.17) is 35.3 Å². The van der Waals surface area contributed by atoms with Crippen LogP contribution in [-0.4, -0.2) is 73.3 Å². The van der Waals surface area contributed by atoms with Gasteiger partial charge in [-0.15, -0.1) is 0 Å². The van der Waals surface area contributed by atoms with Crippen LogP contribution in [0.3, 0.4) is 0 Å². The second-order valence-electron chi connectivity index (χ2n) is 10.8. The van der Waals surface area contributed by atoms with Crippen LogP contribution in [0.2, 0.25) is 5.02 Å². The van der Waals surface area contributed by atoms with Crippen LogP contribution >= 0.6 is 11.6 Å². The third-order valence-electron chi connectivity index (χ3n) is 7.57. The number of carbonyl (C=O) groups excluding carboxylic acids is 1. The molecule has 0 amide bonds. The Kier molecular flexibility index (Phi) is 9.40. The van der Waals surface area contributed by atoms with E-state index in [2.05, 4.69) is 14.9 Å². The quantitative estimate of drug-likeness (QED) is 0.194. The molecule has 1 saturated heterocycles. The van der Waals surface area contributed by atoms with Gasteiger partial charge in [-0.05, 0) is 42.2 Å². The molecule has 0 saturated carbocycles. The smallest absolute Gasteiger partial charge is 0.234 e. The highest BCUT2D eigenvalue weighted by Gasteiger charge is 2.26. The molecule has 3 aromatic carbocycles. The fourth-order valence-electron chi connectivity index (χ4n) is 5.33. The number of morpholine rings is 1. The minimum atomic E-state index is -0.545. The van der Waals surface area contributed by atoms with Gasteiger partial charge >= 0.3 is 0 Å². The number of benzene rings is 3. The number of hydrogen-bond donors (Lipinski definition) is 0. The van der Waals surface area contributed by atoms with Crippen molar-refractivity contribution in [3.63, 3.8) is 0 Å². The van der Waals surface area contributed by atoms with Crippen LogP contribution < -0.4 is 18.9 Å². The summed E-state index contributed by atoms with van der Waals surface area (Å²) in [6.45, 7) is 7.38. The predicted molar refractivity (Wildman–Crippen MR) is 163 cm³/mol. The van der Waals surface area contributed by atoms with Crippen molar-refractivity contribution in [2.24, 2.45) is 0 Å². The van der Waals surface area contributed by atoms with Crippen LogP contribution in [-0.2, 0) is 22.4 Å². The van der Waals surface area contributed by atoms with Gasteiger partial charge in [-0.25, -0.2) is 14.4 Å². The molecule has 0 unspecified atom stereocenters. The van der Waals surface area contributed by atoms with Gasteiger partial charge in [0.2, 0.25) is 11.6 Å². The largest absolute Gasteiger partial charge is 0.489 e. The number of halogens is 2. The van der Waals surface area contributed by atoms with Crippen LogP contribution in [0.1, 0.15) is 23.1 Å². The molecule has 0 spiro atoms. The second kappa shape index (κ2) is 13.8. The number of nitrogens with zero attached hydrogens (tertiary/aromatic N) is 3. The van der Waals surface area contributed by atoms with Gasteiger partial charge in [0, 0.05) is 49.6 Å². The first-order valence-corrected chi connectivity index (χ1v) is 15.1. The lowest BCUT2D eigenvalue weighted by atomic mass is 10.0. The van der Waals surface area contributed by atoms with Crippen LogP contribution in [0.25, 0.3) is 10.9 Å². The van der Waals surface area contributed by atoms with E-state index < -0.39 is 5.82 Å². The zero-order valence-electron chi connectivity index (χ0n) is 24.4. The van der Waals surface area contributed by atoms with E-state index in [1.807, 2.05) is 19.1 Å². The molecule has 0 atom stereocenters. The number of Topliss-reactive ketones (excluding diaryl/α,β-unsaturated/α-hetero) is 1. The number of aryl methyl sites for hydroxylation is 1. The number of ether oxygens (including phenoxy) is 5. The molecular weight excluding hydrogens is 589 g/mol. The van der Waals surface area contributed by atoms with Gasteiger partial charge in [-0.1, -0.05) is 29.8 Å². The Morgan fingerprint density at radius 1 is 1.00 bits per heavy atom. The minimum absolute atomic E-state index is 0.0435. The third-order valence-corrected chi connectivity index (χ3v) is 8.00. The Labute approximate surface area is 259 Å². The lowest BCUT2D eigenvalue weighted by Gasteiger charge is -2.26. The summed E-state index contributed by atoms with van der Waals surface area (Å²) >= 11 is 6.08. The SMILES string of the molecule is Cc1cc(CC(=O)Cc2ccc(Oc3ncnc4cc(OCCCN5CCOCC5)c5c(c34)OCCO5)cc2F)ccc1Cl. The Bertz CT molecular complexity index is 1660. The Balaban J connectivity index is 1.16. The maximum atomic E-state index is 15.1. The lowest BCUT2D eigenvalue weighted by Crippen LogP contribution is -2.37. The molecule has 4 aromatic rings. The van der Waals surface area contributed by atoms with Gasteiger partial charge in [0.1, 0.15) is 42.3 Å². The number of carbonyl (C=O) groups is 1. The summed E-state index contributed by atoms with van der Waals surface area (Å²) in [6, 6.07) is 11.6. The summed E-state index contributed by atoms with van der Waals surface area (Å²) in [7, 11) is 0.